The van der Waals surface area contributed by atoms with E-state index in [4.69, 9.17) is 16.7 Å². The minimum Gasteiger partial charge on any atom is -0.478 e. The number of hydrogen-bond donors (Lipinski definition) is 1. The van der Waals surface area contributed by atoms with Crippen LogP contribution in [0.2, 0.25) is 5.02 Å². The number of halogens is 1. The molecule has 0 bridgehead atoms. The van der Waals surface area contributed by atoms with E-state index in [0.29, 0.717) is 5.02 Å². The second-order valence-corrected chi connectivity index (χ2v) is 3.02. The van der Waals surface area contributed by atoms with Crippen LogP contribution >= 0.6 is 11.6 Å². The lowest BCUT2D eigenvalue weighted by atomic mass is 10.2. The molecule has 1 N–H and O–H groups in total. The van der Waals surface area contributed by atoms with Gasteiger partial charge >= 0.3 is 11.9 Å². The van der Waals surface area contributed by atoms with Crippen LogP contribution < -0.4 is 0 Å². The fourth-order valence-electron chi connectivity index (χ4n) is 0.710. The molecule has 1 aromatic rings. The van der Waals surface area contributed by atoms with Crippen LogP contribution in [0.25, 0.3) is 0 Å². The Morgan fingerprint density at radius 2 is 1.88 bits per heavy atom. The number of hydrogen-bond acceptors (Lipinski definition) is 3. The Morgan fingerprint density at radius 1 is 1.38 bits per heavy atom. The van der Waals surface area contributed by atoms with Gasteiger partial charge in [-0.2, -0.15) is 0 Å². The number of carbonyl (C=O) groups excluding carboxylic acids is 1. The maximum absolute atomic E-state index is 10.3. The predicted octanol–water partition coefficient (Wildman–Crippen LogP) is 2.73. The minimum absolute atomic E-state index is 0.254. The first kappa shape index (κ1) is 14.2. The molecule has 0 saturated carbocycles. The van der Waals surface area contributed by atoms with Crippen molar-refractivity contribution in [3.63, 3.8) is 0 Å². The molecule has 0 aromatic heterocycles. The van der Waals surface area contributed by atoms with Crippen molar-refractivity contribution in [1.29, 1.82) is 0 Å². The van der Waals surface area contributed by atoms with E-state index in [0.717, 1.165) is 6.26 Å². The van der Waals surface area contributed by atoms with Crippen LogP contribution in [0.15, 0.2) is 37.1 Å². The van der Waals surface area contributed by atoms with Crippen molar-refractivity contribution in [2.45, 2.75) is 6.92 Å². The summed E-state index contributed by atoms with van der Waals surface area (Å²) in [5.74, 6) is -1.26. The van der Waals surface area contributed by atoms with E-state index in [-0.39, 0.29) is 11.5 Å². The van der Waals surface area contributed by atoms with Gasteiger partial charge in [0.25, 0.3) is 0 Å². The van der Waals surface area contributed by atoms with Crippen molar-refractivity contribution in [1.82, 2.24) is 0 Å². The largest absolute Gasteiger partial charge is 0.478 e. The molecule has 1 rings (SSSR count). The van der Waals surface area contributed by atoms with Gasteiger partial charge in [-0.15, -0.1) is 0 Å². The average Bonchev–Trinajstić information content (AvgIpc) is 2.19. The van der Waals surface area contributed by atoms with E-state index in [1.54, 1.807) is 12.1 Å². The molecular formula is C11H11ClO4. The summed E-state index contributed by atoms with van der Waals surface area (Å²) in [7, 11) is 0. The van der Waals surface area contributed by atoms with Gasteiger partial charge in [-0.1, -0.05) is 18.2 Å². The van der Waals surface area contributed by atoms with Crippen molar-refractivity contribution in [2.24, 2.45) is 0 Å². The molecule has 0 aliphatic rings. The van der Waals surface area contributed by atoms with Crippen molar-refractivity contribution in [3.05, 3.63) is 47.7 Å². The lowest BCUT2D eigenvalue weighted by Crippen LogP contribution is -1.94. The number of rotatable bonds is 2. The first-order chi connectivity index (χ1) is 7.47. The van der Waals surface area contributed by atoms with E-state index >= 15 is 0 Å². The van der Waals surface area contributed by atoms with Gasteiger partial charge in [0.2, 0.25) is 0 Å². The van der Waals surface area contributed by atoms with Crippen molar-refractivity contribution >= 4 is 23.5 Å². The Labute approximate surface area is 98.1 Å². The third-order valence-electron chi connectivity index (χ3n) is 1.34. The molecule has 0 heterocycles. The van der Waals surface area contributed by atoms with E-state index in [1.807, 2.05) is 0 Å². The van der Waals surface area contributed by atoms with Gasteiger partial charge in [-0.3, -0.25) is 4.79 Å². The van der Waals surface area contributed by atoms with Crippen LogP contribution in [0, 0.1) is 0 Å². The molecule has 0 fully saturated rings. The van der Waals surface area contributed by atoms with Gasteiger partial charge in [0.1, 0.15) is 0 Å². The fraction of sp³-hybridized carbons (Fsp3) is 0.0909. The summed E-state index contributed by atoms with van der Waals surface area (Å²) in [6.07, 6.45) is 1.10. The summed E-state index contributed by atoms with van der Waals surface area (Å²) < 4.78 is 4.17. The van der Waals surface area contributed by atoms with Gasteiger partial charge in [0.05, 0.1) is 11.8 Å². The predicted molar refractivity (Wildman–Crippen MR) is 60.4 cm³/mol. The standard InChI is InChI=1S/C7H5ClO2.C4H6O2/c8-6-3-1-5(2-4-6)7(9)10;1-3-6-4(2)5/h1-4H,(H,9,10);3H,1H2,2H3. The Morgan fingerprint density at radius 3 is 2.12 bits per heavy atom. The number of benzene rings is 1. The fourth-order valence-corrected chi connectivity index (χ4v) is 0.836. The third kappa shape index (κ3) is 6.62. The molecule has 0 saturated heterocycles. The van der Waals surface area contributed by atoms with Gasteiger partial charge < -0.3 is 9.84 Å². The second kappa shape index (κ2) is 7.48. The molecule has 0 amide bonds. The van der Waals surface area contributed by atoms with Crippen LogP contribution in [0.3, 0.4) is 0 Å². The maximum Gasteiger partial charge on any atom is 0.335 e. The van der Waals surface area contributed by atoms with Crippen LogP contribution in [0.5, 0.6) is 0 Å². The minimum atomic E-state index is -0.934. The van der Waals surface area contributed by atoms with Crippen LogP contribution in [-0.4, -0.2) is 17.0 Å². The summed E-state index contributed by atoms with van der Waals surface area (Å²) in [6, 6.07) is 6.02. The van der Waals surface area contributed by atoms with E-state index in [2.05, 4.69) is 11.3 Å². The zero-order valence-electron chi connectivity index (χ0n) is 8.64. The Hall–Kier alpha value is -1.81. The zero-order chi connectivity index (χ0) is 12.6. The van der Waals surface area contributed by atoms with E-state index in [9.17, 15) is 9.59 Å². The number of ether oxygens (including phenoxy) is 1. The Balaban J connectivity index is 0.000000325. The maximum atomic E-state index is 10.3. The van der Waals surface area contributed by atoms with Crippen LogP contribution in [0.4, 0.5) is 0 Å². The van der Waals surface area contributed by atoms with Crippen molar-refractivity contribution < 1.29 is 19.4 Å². The second-order valence-electron chi connectivity index (χ2n) is 2.59. The lowest BCUT2D eigenvalue weighted by Gasteiger charge is -1.91. The molecule has 4 nitrogen and oxygen atoms in total. The highest BCUT2D eigenvalue weighted by atomic mass is 35.5. The van der Waals surface area contributed by atoms with Crippen molar-refractivity contribution in [2.75, 3.05) is 0 Å². The summed E-state index contributed by atoms with van der Waals surface area (Å²) >= 11 is 5.52. The molecule has 0 aliphatic carbocycles. The number of carboxylic acids is 1. The quantitative estimate of drug-likeness (QED) is 0.640. The molecule has 5 heteroatoms. The first-order valence-corrected chi connectivity index (χ1v) is 4.62. The highest BCUT2D eigenvalue weighted by Gasteiger charge is 1.99. The topological polar surface area (TPSA) is 63.6 Å². The third-order valence-corrected chi connectivity index (χ3v) is 1.59. The first-order valence-electron chi connectivity index (χ1n) is 4.24. The molecule has 0 atom stereocenters. The molecule has 0 unspecified atom stereocenters. The molecule has 1 aromatic carbocycles. The van der Waals surface area contributed by atoms with Gasteiger partial charge in [-0.25, -0.2) is 4.79 Å². The van der Waals surface area contributed by atoms with Crippen molar-refractivity contribution in [3.8, 4) is 0 Å². The molecule has 86 valence electrons. The SMILES string of the molecule is C=COC(C)=O.O=C(O)c1ccc(Cl)cc1. The van der Waals surface area contributed by atoms with E-state index < -0.39 is 5.97 Å². The highest BCUT2D eigenvalue weighted by Crippen LogP contribution is 2.08. The average molecular weight is 243 g/mol. The zero-order valence-corrected chi connectivity index (χ0v) is 9.40. The summed E-state index contributed by atoms with van der Waals surface area (Å²) in [5, 5.41) is 8.98. The van der Waals surface area contributed by atoms with Gasteiger partial charge in [-0.05, 0) is 24.3 Å². The van der Waals surface area contributed by atoms with Gasteiger partial charge in [0, 0.05) is 11.9 Å². The highest BCUT2D eigenvalue weighted by molar-refractivity contribution is 6.30. The number of carboxylic acid groups (broad SMARTS) is 1. The number of carbonyl (C=O) groups is 2. The summed E-state index contributed by atoms with van der Waals surface area (Å²) in [6.45, 7) is 4.48. The molecular weight excluding hydrogens is 232 g/mol. The Kier molecular flexibility index (Phi) is 6.63. The monoisotopic (exact) mass is 242 g/mol. The molecule has 0 aliphatic heterocycles. The van der Waals surface area contributed by atoms with Gasteiger partial charge in [0.15, 0.2) is 0 Å². The van der Waals surface area contributed by atoms with E-state index in [1.165, 1.54) is 19.1 Å². The number of aromatic carboxylic acids is 1. The molecule has 16 heavy (non-hydrogen) atoms. The summed E-state index contributed by atoms with van der Waals surface area (Å²) in [4.78, 5) is 20.0. The van der Waals surface area contributed by atoms with Crippen LogP contribution in [-0.2, 0) is 9.53 Å². The Bertz CT molecular complexity index is 370. The number of esters is 1. The van der Waals surface area contributed by atoms with Crippen LogP contribution in [0.1, 0.15) is 17.3 Å². The molecule has 0 spiro atoms. The smallest absolute Gasteiger partial charge is 0.335 e. The lowest BCUT2D eigenvalue weighted by molar-refractivity contribution is -0.135. The normalized spacial score (nSPS) is 8.38. The molecule has 0 radical (unpaired) electrons. The summed E-state index contributed by atoms with van der Waals surface area (Å²) in [5.41, 5.74) is 0.254.